The lowest BCUT2D eigenvalue weighted by atomic mass is 10.1. The highest BCUT2D eigenvalue weighted by molar-refractivity contribution is 5.96. The quantitative estimate of drug-likeness (QED) is 0.908. The van der Waals surface area contributed by atoms with E-state index in [1.54, 1.807) is 24.3 Å². The fourth-order valence-electron chi connectivity index (χ4n) is 1.90. The largest absolute Gasteiger partial charge is 0.324 e. The number of carbonyl (C=O) groups excluding carboxylic acids is 1. The molecule has 2 aromatic rings. The third kappa shape index (κ3) is 3.25. The van der Waals surface area contributed by atoms with E-state index in [0.717, 1.165) is 6.07 Å². The highest BCUT2D eigenvalue weighted by Crippen LogP contribution is 2.22. The van der Waals surface area contributed by atoms with E-state index in [-0.39, 0.29) is 16.8 Å². The molecule has 0 radical (unpaired) electrons. The van der Waals surface area contributed by atoms with Crippen LogP contribution in [0.4, 0.5) is 10.1 Å². The number of benzene rings is 2. The minimum atomic E-state index is -0.862. The molecule has 0 aromatic heterocycles. The number of anilines is 1. The van der Waals surface area contributed by atoms with Gasteiger partial charge in [0.25, 0.3) is 0 Å². The van der Waals surface area contributed by atoms with Crippen molar-refractivity contribution in [2.75, 3.05) is 5.32 Å². The first-order valence-corrected chi connectivity index (χ1v) is 6.34. The number of carbonyl (C=O) groups is 1. The molecule has 0 saturated carbocycles. The van der Waals surface area contributed by atoms with Crippen LogP contribution in [0.15, 0.2) is 42.5 Å². The Hall–Kier alpha value is -2.71. The Morgan fingerprint density at radius 1 is 1.33 bits per heavy atom. The Kier molecular flexibility index (Phi) is 4.31. The van der Waals surface area contributed by atoms with Crippen LogP contribution in [-0.4, -0.2) is 5.91 Å². The lowest BCUT2D eigenvalue weighted by Crippen LogP contribution is -2.28. The third-order valence-electron chi connectivity index (χ3n) is 3.17. The molecule has 0 aliphatic heterocycles. The minimum Gasteiger partial charge on any atom is -0.324 e. The van der Waals surface area contributed by atoms with Crippen LogP contribution in [0, 0.1) is 24.1 Å². The van der Waals surface area contributed by atoms with Crippen molar-refractivity contribution in [3.8, 4) is 6.07 Å². The second kappa shape index (κ2) is 6.16. The van der Waals surface area contributed by atoms with E-state index in [1.807, 2.05) is 12.1 Å². The molecule has 0 aliphatic rings. The van der Waals surface area contributed by atoms with Crippen LogP contribution in [0.5, 0.6) is 0 Å². The molecule has 0 bridgehead atoms. The maximum absolute atomic E-state index is 13.7. The van der Waals surface area contributed by atoms with Crippen molar-refractivity contribution in [2.24, 2.45) is 5.73 Å². The Morgan fingerprint density at radius 2 is 2.00 bits per heavy atom. The maximum Gasteiger partial charge on any atom is 0.245 e. The van der Waals surface area contributed by atoms with Crippen molar-refractivity contribution >= 4 is 11.6 Å². The number of nitriles is 1. The van der Waals surface area contributed by atoms with Crippen molar-refractivity contribution in [1.29, 1.82) is 5.26 Å². The molecule has 106 valence electrons. The Balaban J connectivity index is 2.24. The summed E-state index contributed by atoms with van der Waals surface area (Å²) in [4.78, 5) is 12.1. The van der Waals surface area contributed by atoms with Gasteiger partial charge in [0.2, 0.25) is 5.91 Å². The summed E-state index contributed by atoms with van der Waals surface area (Å²) >= 11 is 0. The summed E-state index contributed by atoms with van der Waals surface area (Å²) in [6.45, 7) is 1.53. The van der Waals surface area contributed by atoms with E-state index in [9.17, 15) is 9.18 Å². The van der Waals surface area contributed by atoms with Crippen LogP contribution in [0.3, 0.4) is 0 Å². The van der Waals surface area contributed by atoms with Crippen LogP contribution >= 0.6 is 0 Å². The summed E-state index contributed by atoms with van der Waals surface area (Å²) in [5.41, 5.74) is 7.19. The van der Waals surface area contributed by atoms with Crippen LogP contribution < -0.4 is 11.1 Å². The summed E-state index contributed by atoms with van der Waals surface area (Å²) in [6, 6.07) is 12.4. The fraction of sp³-hybridized carbons (Fsp3) is 0.125. The van der Waals surface area contributed by atoms with Gasteiger partial charge in [0.15, 0.2) is 0 Å². The molecular formula is C16H14FN3O. The summed E-state index contributed by atoms with van der Waals surface area (Å²) in [7, 11) is 0. The lowest BCUT2D eigenvalue weighted by Gasteiger charge is -2.14. The first-order valence-electron chi connectivity index (χ1n) is 6.34. The van der Waals surface area contributed by atoms with Crippen molar-refractivity contribution in [3.63, 3.8) is 0 Å². The molecule has 2 aromatic carbocycles. The molecule has 3 N–H and O–H groups in total. The van der Waals surface area contributed by atoms with E-state index < -0.39 is 17.8 Å². The number of nitrogens with zero attached hydrogens (tertiary/aromatic N) is 1. The number of hydrogen-bond donors (Lipinski definition) is 2. The molecule has 0 spiro atoms. The second-order valence-electron chi connectivity index (χ2n) is 4.62. The van der Waals surface area contributed by atoms with Crippen molar-refractivity contribution in [3.05, 3.63) is 65.0 Å². The summed E-state index contributed by atoms with van der Waals surface area (Å²) in [6.07, 6.45) is 0. The lowest BCUT2D eigenvalue weighted by molar-refractivity contribution is -0.117. The molecule has 2 rings (SSSR count). The highest BCUT2D eigenvalue weighted by Gasteiger charge is 2.17. The Morgan fingerprint density at radius 3 is 2.62 bits per heavy atom. The van der Waals surface area contributed by atoms with Gasteiger partial charge < -0.3 is 11.1 Å². The number of hydrogen-bond acceptors (Lipinski definition) is 3. The first kappa shape index (κ1) is 14.7. The maximum atomic E-state index is 13.7. The Bertz CT molecular complexity index is 707. The number of nitrogens with one attached hydrogen (secondary N) is 1. The average Bonchev–Trinajstić information content (AvgIpc) is 2.51. The number of halogens is 1. The average molecular weight is 283 g/mol. The van der Waals surface area contributed by atoms with Crippen LogP contribution in [-0.2, 0) is 4.79 Å². The molecule has 4 nitrogen and oxygen atoms in total. The molecule has 0 saturated heterocycles. The monoisotopic (exact) mass is 283 g/mol. The number of rotatable bonds is 3. The van der Waals surface area contributed by atoms with Gasteiger partial charge in [-0.3, -0.25) is 4.79 Å². The summed E-state index contributed by atoms with van der Waals surface area (Å²) in [5, 5.41) is 11.4. The van der Waals surface area contributed by atoms with Gasteiger partial charge >= 0.3 is 0 Å². The van der Waals surface area contributed by atoms with Crippen molar-refractivity contribution in [2.45, 2.75) is 13.0 Å². The summed E-state index contributed by atoms with van der Waals surface area (Å²) < 4.78 is 13.7. The van der Waals surface area contributed by atoms with Gasteiger partial charge in [0, 0.05) is 11.3 Å². The van der Waals surface area contributed by atoms with Crippen LogP contribution in [0.2, 0.25) is 0 Å². The SMILES string of the molecule is Cc1c(F)cc(C#N)cc1NC(=O)[C@H](N)c1ccccc1. The molecule has 1 atom stereocenters. The van der Waals surface area contributed by atoms with Gasteiger partial charge in [-0.25, -0.2) is 4.39 Å². The smallest absolute Gasteiger partial charge is 0.245 e. The zero-order valence-corrected chi connectivity index (χ0v) is 11.4. The summed E-state index contributed by atoms with van der Waals surface area (Å²) in [5.74, 6) is -1.00. The Labute approximate surface area is 122 Å². The van der Waals surface area contributed by atoms with Gasteiger partial charge in [-0.05, 0) is 24.6 Å². The molecular weight excluding hydrogens is 269 g/mol. The zero-order chi connectivity index (χ0) is 15.4. The van der Waals surface area contributed by atoms with Crippen molar-refractivity contribution < 1.29 is 9.18 Å². The number of amides is 1. The molecule has 0 aliphatic carbocycles. The van der Waals surface area contributed by atoms with E-state index in [2.05, 4.69) is 5.32 Å². The predicted octanol–water partition coefficient (Wildman–Crippen LogP) is 2.64. The van der Waals surface area contributed by atoms with Gasteiger partial charge in [-0.15, -0.1) is 0 Å². The standard InChI is InChI=1S/C16H14FN3O/c1-10-13(17)7-11(9-18)8-14(10)20-16(21)15(19)12-5-3-2-4-6-12/h2-8,15H,19H2,1H3,(H,20,21)/t15-/m1/s1. The molecule has 5 heteroatoms. The molecule has 0 heterocycles. The van der Waals surface area contributed by atoms with Gasteiger partial charge in [-0.2, -0.15) is 5.26 Å². The highest BCUT2D eigenvalue weighted by atomic mass is 19.1. The molecule has 0 unspecified atom stereocenters. The van der Waals surface area contributed by atoms with Crippen LogP contribution in [0.1, 0.15) is 22.7 Å². The van der Waals surface area contributed by atoms with Gasteiger partial charge in [0.05, 0.1) is 11.6 Å². The fourth-order valence-corrected chi connectivity index (χ4v) is 1.90. The van der Waals surface area contributed by atoms with E-state index in [0.29, 0.717) is 5.56 Å². The molecule has 0 fully saturated rings. The first-order chi connectivity index (χ1) is 10.0. The van der Waals surface area contributed by atoms with Gasteiger partial charge in [0.1, 0.15) is 11.9 Å². The van der Waals surface area contributed by atoms with E-state index in [4.69, 9.17) is 11.0 Å². The zero-order valence-electron chi connectivity index (χ0n) is 11.4. The molecule has 1 amide bonds. The second-order valence-corrected chi connectivity index (χ2v) is 4.62. The molecule has 21 heavy (non-hydrogen) atoms. The third-order valence-corrected chi connectivity index (χ3v) is 3.17. The number of nitrogens with two attached hydrogens (primary N) is 1. The van der Waals surface area contributed by atoms with Crippen molar-refractivity contribution in [1.82, 2.24) is 0 Å². The van der Waals surface area contributed by atoms with Gasteiger partial charge in [-0.1, -0.05) is 30.3 Å². The van der Waals surface area contributed by atoms with E-state index >= 15 is 0 Å². The topological polar surface area (TPSA) is 78.9 Å². The predicted molar refractivity (Wildman–Crippen MR) is 77.9 cm³/mol. The van der Waals surface area contributed by atoms with Crippen LogP contribution in [0.25, 0.3) is 0 Å². The minimum absolute atomic E-state index is 0.140. The normalized spacial score (nSPS) is 11.5. The van der Waals surface area contributed by atoms with E-state index in [1.165, 1.54) is 13.0 Å².